The van der Waals surface area contributed by atoms with E-state index in [1.165, 1.54) is 18.1 Å². The molecule has 3 rings (SSSR count). The zero-order valence-corrected chi connectivity index (χ0v) is 15.7. The van der Waals surface area contributed by atoms with Gasteiger partial charge in [0.1, 0.15) is 5.82 Å². The normalized spacial score (nSPS) is 21.1. The minimum atomic E-state index is -0.305. The third-order valence-corrected chi connectivity index (χ3v) is 5.24. The molecule has 26 heavy (non-hydrogen) atoms. The molecule has 1 aromatic carbocycles. The smallest absolute Gasteiger partial charge is 0.129 e. The van der Waals surface area contributed by atoms with E-state index < -0.39 is 0 Å². The number of piperidine rings is 1. The van der Waals surface area contributed by atoms with Crippen LogP contribution < -0.4 is 0 Å². The quantitative estimate of drug-likeness (QED) is 0.827. The Labute approximate surface area is 154 Å². The maximum Gasteiger partial charge on any atom is 0.129 e. The second kappa shape index (κ2) is 7.98. The van der Waals surface area contributed by atoms with Crippen molar-refractivity contribution in [3.8, 4) is 6.07 Å². The standard InChI is InChI=1S/C20H26FN5/c1-24(12-16-7-6-15(10-22)9-19(16)21)13-17-5-4-8-25(2)20(17)18-11-23-26(3)14-18/h6-7,9,11,14,17,20H,4-5,8,12-13H2,1-3H3/t17-,20+/m0/s1. The molecule has 0 bridgehead atoms. The minimum absolute atomic E-state index is 0.305. The van der Waals surface area contributed by atoms with Crippen LogP contribution in [0.25, 0.3) is 0 Å². The van der Waals surface area contributed by atoms with Crippen molar-refractivity contribution in [2.24, 2.45) is 13.0 Å². The molecule has 138 valence electrons. The van der Waals surface area contributed by atoms with Gasteiger partial charge in [0.05, 0.1) is 17.8 Å². The molecule has 1 fully saturated rings. The lowest BCUT2D eigenvalue weighted by atomic mass is 9.85. The predicted molar refractivity (Wildman–Crippen MR) is 98.8 cm³/mol. The van der Waals surface area contributed by atoms with Crippen LogP contribution in [0.1, 0.15) is 35.6 Å². The first kappa shape index (κ1) is 18.6. The number of nitrogens with zero attached hydrogens (tertiary/aromatic N) is 5. The van der Waals surface area contributed by atoms with Gasteiger partial charge >= 0.3 is 0 Å². The van der Waals surface area contributed by atoms with E-state index in [0.29, 0.717) is 29.6 Å². The van der Waals surface area contributed by atoms with E-state index in [1.807, 2.05) is 31.0 Å². The van der Waals surface area contributed by atoms with Gasteiger partial charge < -0.3 is 4.90 Å². The van der Waals surface area contributed by atoms with Gasteiger partial charge in [-0.05, 0) is 51.5 Å². The highest BCUT2D eigenvalue weighted by Crippen LogP contribution is 2.35. The zero-order chi connectivity index (χ0) is 18.7. The molecule has 0 radical (unpaired) electrons. The van der Waals surface area contributed by atoms with Crippen molar-refractivity contribution in [3.05, 3.63) is 53.1 Å². The number of hydrogen-bond acceptors (Lipinski definition) is 4. The van der Waals surface area contributed by atoms with E-state index in [4.69, 9.17) is 5.26 Å². The molecular weight excluding hydrogens is 329 g/mol. The van der Waals surface area contributed by atoms with Gasteiger partial charge in [0.25, 0.3) is 0 Å². The molecule has 6 heteroatoms. The number of rotatable bonds is 5. The maximum atomic E-state index is 14.2. The van der Waals surface area contributed by atoms with Gasteiger partial charge in [-0.3, -0.25) is 9.58 Å². The number of aromatic nitrogens is 2. The highest BCUT2D eigenvalue weighted by molar-refractivity contribution is 5.32. The molecule has 0 N–H and O–H groups in total. The summed E-state index contributed by atoms with van der Waals surface area (Å²) in [5, 5.41) is 13.2. The van der Waals surface area contributed by atoms with Crippen LogP contribution in [-0.2, 0) is 13.6 Å². The molecule has 2 aromatic rings. The Morgan fingerprint density at radius 3 is 2.85 bits per heavy atom. The van der Waals surface area contributed by atoms with E-state index in [0.717, 1.165) is 19.5 Å². The first-order valence-electron chi connectivity index (χ1n) is 9.03. The topological polar surface area (TPSA) is 48.1 Å². The largest absolute Gasteiger partial charge is 0.302 e. The summed E-state index contributed by atoms with van der Waals surface area (Å²) in [6.45, 7) is 2.52. The Kier molecular flexibility index (Phi) is 5.70. The van der Waals surface area contributed by atoms with Crippen LogP contribution in [0.3, 0.4) is 0 Å². The van der Waals surface area contributed by atoms with Gasteiger partial charge in [0.15, 0.2) is 0 Å². The highest BCUT2D eigenvalue weighted by atomic mass is 19.1. The Hall–Kier alpha value is -2.23. The number of likely N-dealkylation sites (tertiary alicyclic amines) is 1. The van der Waals surface area contributed by atoms with Crippen LogP contribution in [0, 0.1) is 23.1 Å². The van der Waals surface area contributed by atoms with Crippen molar-refractivity contribution in [2.75, 3.05) is 27.2 Å². The average Bonchev–Trinajstić information content (AvgIpc) is 3.02. The number of hydrogen-bond donors (Lipinski definition) is 0. The van der Waals surface area contributed by atoms with Gasteiger partial charge in [-0.25, -0.2) is 4.39 Å². The first-order valence-corrected chi connectivity index (χ1v) is 9.03. The van der Waals surface area contributed by atoms with Crippen molar-refractivity contribution in [1.29, 1.82) is 5.26 Å². The maximum absolute atomic E-state index is 14.2. The predicted octanol–water partition coefficient (Wildman–Crippen LogP) is 2.95. The molecule has 5 nitrogen and oxygen atoms in total. The minimum Gasteiger partial charge on any atom is -0.302 e. The summed E-state index contributed by atoms with van der Waals surface area (Å²) in [7, 11) is 6.15. The number of aryl methyl sites for hydroxylation is 1. The van der Waals surface area contributed by atoms with Gasteiger partial charge in [0.2, 0.25) is 0 Å². The third-order valence-electron chi connectivity index (χ3n) is 5.24. The van der Waals surface area contributed by atoms with Crippen molar-refractivity contribution >= 4 is 0 Å². The Morgan fingerprint density at radius 2 is 2.19 bits per heavy atom. The number of nitriles is 1. The van der Waals surface area contributed by atoms with Crippen LogP contribution in [-0.4, -0.2) is 46.8 Å². The molecule has 1 aliphatic rings. The monoisotopic (exact) mass is 355 g/mol. The van der Waals surface area contributed by atoms with Gasteiger partial charge in [-0.15, -0.1) is 0 Å². The summed E-state index contributed by atoms with van der Waals surface area (Å²) < 4.78 is 16.0. The number of benzene rings is 1. The van der Waals surface area contributed by atoms with Crippen molar-refractivity contribution < 1.29 is 4.39 Å². The second-order valence-electron chi connectivity index (χ2n) is 7.39. The molecule has 1 saturated heterocycles. The fourth-order valence-corrected chi connectivity index (χ4v) is 4.07. The van der Waals surface area contributed by atoms with E-state index in [1.54, 1.807) is 12.1 Å². The fourth-order valence-electron chi connectivity index (χ4n) is 4.07. The van der Waals surface area contributed by atoms with Gasteiger partial charge in [0, 0.05) is 43.5 Å². The molecular formula is C20H26FN5. The first-order chi connectivity index (χ1) is 12.5. The second-order valence-corrected chi connectivity index (χ2v) is 7.39. The van der Waals surface area contributed by atoms with Crippen LogP contribution in [0.5, 0.6) is 0 Å². The SMILES string of the molecule is CN(Cc1ccc(C#N)cc1F)C[C@@H]1CCCN(C)[C@H]1c1cnn(C)c1. The van der Waals surface area contributed by atoms with E-state index >= 15 is 0 Å². The van der Waals surface area contributed by atoms with E-state index in [-0.39, 0.29) is 5.82 Å². The Bertz CT molecular complexity index is 794. The summed E-state index contributed by atoms with van der Waals surface area (Å²) in [6, 6.07) is 7.03. The summed E-state index contributed by atoms with van der Waals surface area (Å²) in [6.07, 6.45) is 6.39. The number of halogens is 1. The van der Waals surface area contributed by atoms with Gasteiger partial charge in [-0.2, -0.15) is 10.4 Å². The fraction of sp³-hybridized carbons (Fsp3) is 0.500. The molecule has 2 atom stereocenters. The van der Waals surface area contributed by atoms with Crippen LogP contribution in [0.15, 0.2) is 30.6 Å². The summed E-state index contributed by atoms with van der Waals surface area (Å²) >= 11 is 0. The lowest BCUT2D eigenvalue weighted by Gasteiger charge is -2.40. The third kappa shape index (κ3) is 4.12. The molecule has 0 spiro atoms. The lowest BCUT2D eigenvalue weighted by molar-refractivity contribution is 0.0923. The van der Waals surface area contributed by atoms with Gasteiger partial charge in [-0.1, -0.05) is 6.07 Å². The summed E-state index contributed by atoms with van der Waals surface area (Å²) in [4.78, 5) is 4.58. The van der Waals surface area contributed by atoms with Crippen LogP contribution in [0.2, 0.25) is 0 Å². The van der Waals surface area contributed by atoms with Crippen LogP contribution >= 0.6 is 0 Å². The van der Waals surface area contributed by atoms with E-state index in [9.17, 15) is 4.39 Å². The Morgan fingerprint density at radius 1 is 1.38 bits per heavy atom. The molecule has 1 aromatic heterocycles. The molecule has 0 saturated carbocycles. The molecule has 0 unspecified atom stereocenters. The van der Waals surface area contributed by atoms with Crippen molar-refractivity contribution in [3.63, 3.8) is 0 Å². The summed E-state index contributed by atoms with van der Waals surface area (Å²) in [5.41, 5.74) is 2.24. The lowest BCUT2D eigenvalue weighted by Crippen LogP contribution is -2.40. The zero-order valence-electron chi connectivity index (χ0n) is 15.7. The molecule has 0 amide bonds. The molecule has 1 aliphatic heterocycles. The van der Waals surface area contributed by atoms with Crippen molar-refractivity contribution in [1.82, 2.24) is 19.6 Å². The van der Waals surface area contributed by atoms with Crippen molar-refractivity contribution in [2.45, 2.75) is 25.4 Å². The molecule has 0 aliphatic carbocycles. The average molecular weight is 355 g/mol. The summed E-state index contributed by atoms with van der Waals surface area (Å²) in [5.74, 6) is 0.171. The van der Waals surface area contributed by atoms with E-state index in [2.05, 4.69) is 28.1 Å². The molecule has 2 heterocycles. The van der Waals surface area contributed by atoms with Crippen LogP contribution in [0.4, 0.5) is 4.39 Å². The highest BCUT2D eigenvalue weighted by Gasteiger charge is 2.32. The Balaban J connectivity index is 1.70.